The van der Waals surface area contributed by atoms with E-state index in [9.17, 15) is 9.36 Å². The molecular weight excluding hydrogens is 269 g/mol. The minimum Gasteiger partial charge on any atom is -0.343 e. The Bertz CT molecular complexity index is 292. The molecule has 0 rings (SSSR count). The van der Waals surface area contributed by atoms with E-state index in [4.69, 9.17) is 14.8 Å². The van der Waals surface area contributed by atoms with E-state index in [0.717, 1.165) is 6.42 Å². The van der Waals surface area contributed by atoms with E-state index < -0.39 is 7.60 Å². The number of nitrogens with two attached hydrogens (primary N) is 1. The van der Waals surface area contributed by atoms with E-state index in [0.29, 0.717) is 13.0 Å². The fourth-order valence-corrected chi connectivity index (χ4v) is 2.94. The Labute approximate surface area is 115 Å². The topological polar surface area (TPSA) is 103 Å². The van der Waals surface area contributed by atoms with Gasteiger partial charge in [0.25, 0.3) is 0 Å². The number of rotatable bonds is 11. The van der Waals surface area contributed by atoms with Gasteiger partial charge < -0.3 is 25.4 Å². The molecular formula is C11H26N3O4P. The lowest BCUT2D eigenvalue weighted by Crippen LogP contribution is -2.43. The van der Waals surface area contributed by atoms with Crippen LogP contribution in [0, 0.1) is 0 Å². The summed E-state index contributed by atoms with van der Waals surface area (Å²) in [6, 6.07) is -0.347. The van der Waals surface area contributed by atoms with Gasteiger partial charge >= 0.3 is 7.60 Å². The Morgan fingerprint density at radius 1 is 1.32 bits per heavy atom. The van der Waals surface area contributed by atoms with Crippen molar-refractivity contribution in [2.75, 3.05) is 33.1 Å². The highest BCUT2D eigenvalue weighted by Gasteiger charge is 2.26. The second-order valence-electron chi connectivity index (χ2n) is 3.92. The molecule has 0 spiro atoms. The first kappa shape index (κ1) is 18.5. The molecule has 0 aromatic rings. The number of likely N-dealkylation sites (N-methyl/N-ethyl adjacent to an activating group) is 1. The number of amides is 1. The smallest absolute Gasteiger partial charge is 0.343 e. The molecule has 114 valence electrons. The predicted molar refractivity (Wildman–Crippen MR) is 75.0 cm³/mol. The van der Waals surface area contributed by atoms with Crippen molar-refractivity contribution in [2.24, 2.45) is 5.73 Å². The van der Waals surface area contributed by atoms with Crippen LogP contribution >= 0.6 is 7.60 Å². The largest absolute Gasteiger partial charge is 0.349 e. The second kappa shape index (κ2) is 10.3. The van der Waals surface area contributed by atoms with Gasteiger partial charge in [-0.1, -0.05) is 0 Å². The zero-order chi connectivity index (χ0) is 14.7. The first-order valence-electron chi connectivity index (χ1n) is 6.56. The minimum absolute atomic E-state index is 0.117. The normalized spacial score (nSPS) is 13.3. The first-order chi connectivity index (χ1) is 9.02. The zero-order valence-corrected chi connectivity index (χ0v) is 12.9. The van der Waals surface area contributed by atoms with Crippen LogP contribution in [0.1, 0.15) is 26.7 Å². The fraction of sp³-hybridized carbons (Fsp3) is 0.909. The van der Waals surface area contributed by atoms with Crippen molar-refractivity contribution < 1.29 is 18.4 Å². The quantitative estimate of drug-likeness (QED) is 0.484. The molecule has 0 heterocycles. The Balaban J connectivity index is 4.33. The SMILES string of the molecule is CCOP(=O)(CNC(=O)[C@H](CCCN)NC)OCC. The Hall–Kier alpha value is -0.460. The van der Waals surface area contributed by atoms with Gasteiger partial charge in [-0.15, -0.1) is 0 Å². The first-order valence-corrected chi connectivity index (χ1v) is 8.28. The lowest BCUT2D eigenvalue weighted by molar-refractivity contribution is -0.123. The van der Waals surface area contributed by atoms with Crippen LogP contribution < -0.4 is 16.4 Å². The Kier molecular flexibility index (Phi) is 10.1. The molecule has 0 bridgehead atoms. The van der Waals surface area contributed by atoms with Crippen LogP contribution in [0.3, 0.4) is 0 Å². The summed E-state index contributed by atoms with van der Waals surface area (Å²) in [7, 11) is -1.53. The van der Waals surface area contributed by atoms with E-state index in [2.05, 4.69) is 10.6 Å². The summed E-state index contributed by atoms with van der Waals surface area (Å²) >= 11 is 0. The molecule has 0 aliphatic rings. The van der Waals surface area contributed by atoms with Crippen molar-refractivity contribution in [1.29, 1.82) is 0 Å². The summed E-state index contributed by atoms with van der Waals surface area (Å²) in [6.07, 6.45) is 1.26. The van der Waals surface area contributed by atoms with Gasteiger partial charge in [-0.05, 0) is 40.3 Å². The van der Waals surface area contributed by atoms with E-state index >= 15 is 0 Å². The Morgan fingerprint density at radius 2 is 1.89 bits per heavy atom. The van der Waals surface area contributed by atoms with Crippen molar-refractivity contribution in [3.05, 3.63) is 0 Å². The van der Waals surface area contributed by atoms with E-state index in [1.807, 2.05) is 0 Å². The maximum atomic E-state index is 12.1. The molecule has 0 aliphatic carbocycles. The summed E-state index contributed by atoms with van der Waals surface area (Å²) in [5, 5.41) is 5.50. The van der Waals surface area contributed by atoms with Gasteiger partial charge in [-0.3, -0.25) is 9.36 Å². The maximum absolute atomic E-state index is 12.1. The van der Waals surface area contributed by atoms with Gasteiger partial charge in [0.15, 0.2) is 0 Å². The molecule has 1 atom stereocenters. The lowest BCUT2D eigenvalue weighted by atomic mass is 10.1. The molecule has 0 fully saturated rings. The average molecular weight is 295 g/mol. The third-order valence-corrected chi connectivity index (χ3v) is 4.31. The third kappa shape index (κ3) is 7.64. The fourth-order valence-electron chi connectivity index (χ4n) is 1.55. The van der Waals surface area contributed by atoms with Crippen LogP contribution in [0.4, 0.5) is 0 Å². The van der Waals surface area contributed by atoms with Crippen molar-refractivity contribution >= 4 is 13.5 Å². The molecule has 4 N–H and O–H groups in total. The molecule has 1 amide bonds. The number of carbonyl (C=O) groups is 1. The summed E-state index contributed by atoms with van der Waals surface area (Å²) in [5.74, 6) is -0.226. The highest BCUT2D eigenvalue weighted by Crippen LogP contribution is 2.46. The molecule has 19 heavy (non-hydrogen) atoms. The monoisotopic (exact) mass is 295 g/mol. The van der Waals surface area contributed by atoms with Crippen LogP contribution in [0.25, 0.3) is 0 Å². The van der Waals surface area contributed by atoms with Gasteiger partial charge in [-0.2, -0.15) is 0 Å². The molecule has 0 aliphatic heterocycles. The summed E-state index contributed by atoms with van der Waals surface area (Å²) in [4.78, 5) is 11.9. The molecule has 0 radical (unpaired) electrons. The van der Waals surface area contributed by atoms with Gasteiger partial charge in [0, 0.05) is 0 Å². The number of nitrogens with one attached hydrogen (secondary N) is 2. The summed E-state index contributed by atoms with van der Waals surface area (Å²) in [5.41, 5.74) is 5.41. The number of hydrogen-bond acceptors (Lipinski definition) is 6. The third-order valence-electron chi connectivity index (χ3n) is 2.46. The minimum atomic E-state index is -3.23. The van der Waals surface area contributed by atoms with Gasteiger partial charge in [0.2, 0.25) is 5.91 Å². The second-order valence-corrected chi connectivity index (χ2v) is 5.97. The Morgan fingerprint density at radius 3 is 2.32 bits per heavy atom. The van der Waals surface area contributed by atoms with Crippen molar-refractivity contribution in [1.82, 2.24) is 10.6 Å². The van der Waals surface area contributed by atoms with Crippen LogP contribution in [0.2, 0.25) is 0 Å². The molecule has 0 unspecified atom stereocenters. The highest BCUT2D eigenvalue weighted by molar-refractivity contribution is 7.53. The molecule has 8 heteroatoms. The van der Waals surface area contributed by atoms with Crippen molar-refractivity contribution in [3.63, 3.8) is 0 Å². The molecule has 0 saturated heterocycles. The van der Waals surface area contributed by atoms with Crippen LogP contribution in [-0.2, 0) is 18.4 Å². The molecule has 0 aromatic heterocycles. The van der Waals surface area contributed by atoms with Crippen molar-refractivity contribution in [2.45, 2.75) is 32.7 Å². The van der Waals surface area contributed by atoms with Crippen molar-refractivity contribution in [3.8, 4) is 0 Å². The number of carbonyl (C=O) groups excluding carboxylic acids is 1. The molecule has 7 nitrogen and oxygen atoms in total. The van der Waals surface area contributed by atoms with Gasteiger partial charge in [-0.25, -0.2) is 0 Å². The molecule has 0 saturated carbocycles. The summed E-state index contributed by atoms with van der Waals surface area (Å²) in [6.45, 7) is 4.53. The maximum Gasteiger partial charge on any atom is 0.349 e. The standard InChI is InChI=1S/C11H26N3O4P/c1-4-17-19(16,18-5-2)9-14-11(15)10(13-3)7-6-8-12/h10,13H,4-9,12H2,1-3H3,(H,14,15)/t10-/m0/s1. The van der Waals surface area contributed by atoms with E-state index in [1.165, 1.54) is 0 Å². The van der Waals surface area contributed by atoms with Gasteiger partial charge in [0.05, 0.1) is 19.3 Å². The number of hydrogen-bond donors (Lipinski definition) is 3. The lowest BCUT2D eigenvalue weighted by Gasteiger charge is -2.20. The van der Waals surface area contributed by atoms with E-state index in [1.54, 1.807) is 20.9 Å². The van der Waals surface area contributed by atoms with E-state index in [-0.39, 0.29) is 31.4 Å². The summed E-state index contributed by atoms with van der Waals surface area (Å²) < 4.78 is 22.3. The highest BCUT2D eigenvalue weighted by atomic mass is 31.2. The average Bonchev–Trinajstić information content (AvgIpc) is 2.38. The zero-order valence-electron chi connectivity index (χ0n) is 12.0. The molecule has 0 aromatic carbocycles. The van der Waals surface area contributed by atoms with Crippen LogP contribution in [0.5, 0.6) is 0 Å². The predicted octanol–water partition coefficient (Wildman–Crippen LogP) is 0.653. The van der Waals surface area contributed by atoms with Crippen LogP contribution in [0.15, 0.2) is 0 Å². The van der Waals surface area contributed by atoms with Crippen LogP contribution in [-0.4, -0.2) is 45.0 Å². The van der Waals surface area contributed by atoms with Gasteiger partial charge in [0.1, 0.15) is 6.29 Å².